The first-order valence-corrected chi connectivity index (χ1v) is 4.23. The third-order valence-corrected chi connectivity index (χ3v) is 2.14. The molecule has 0 saturated carbocycles. The van der Waals surface area contributed by atoms with E-state index in [2.05, 4.69) is 10.2 Å². The molecule has 1 radical (unpaired) electrons. The molecule has 0 aromatic rings. The van der Waals surface area contributed by atoms with Gasteiger partial charge >= 0.3 is 71.8 Å². The summed E-state index contributed by atoms with van der Waals surface area (Å²) in [4.78, 5) is 0. The van der Waals surface area contributed by atoms with Crippen LogP contribution in [0.4, 0.5) is 0 Å². The zero-order valence-corrected chi connectivity index (χ0v) is 6.86. The Labute approximate surface area is 72.6 Å². The Morgan fingerprint density at radius 1 is 1.50 bits per heavy atom. The van der Waals surface area contributed by atoms with Gasteiger partial charge in [-0.15, -0.1) is 0 Å². The van der Waals surface area contributed by atoms with Crippen LogP contribution in [-0.4, -0.2) is 37.6 Å². The molecule has 1 unspecified atom stereocenters. The fraction of sp³-hybridized carbons (Fsp3) is 0.625. The van der Waals surface area contributed by atoms with Crippen molar-refractivity contribution < 1.29 is 4.74 Å². The SMILES string of the molecule is [B]=C1C=NN=C1C1CCCCO1. The molecule has 0 bridgehead atoms. The molecule has 2 aliphatic rings. The predicted molar refractivity (Wildman–Crippen MR) is 50.3 cm³/mol. The normalized spacial score (nSPS) is 29.1. The van der Waals surface area contributed by atoms with Crippen molar-refractivity contribution in [1.82, 2.24) is 0 Å². The van der Waals surface area contributed by atoms with E-state index in [1.165, 1.54) is 6.42 Å². The number of ether oxygens (including phenoxy) is 1. The van der Waals surface area contributed by atoms with E-state index < -0.39 is 0 Å². The third-order valence-electron chi connectivity index (χ3n) is 2.14. The molecule has 4 heteroatoms. The molecule has 0 aromatic heterocycles. The molecule has 0 spiro atoms. The van der Waals surface area contributed by atoms with Crippen molar-refractivity contribution in [3.05, 3.63) is 0 Å². The molecule has 1 saturated heterocycles. The summed E-state index contributed by atoms with van der Waals surface area (Å²) in [5.41, 5.74) is 1.47. The quantitative estimate of drug-likeness (QED) is 0.510. The van der Waals surface area contributed by atoms with Gasteiger partial charge in [-0.2, -0.15) is 0 Å². The first-order chi connectivity index (χ1) is 5.88. The average Bonchev–Trinajstić information content (AvgIpc) is 2.53. The average molecular weight is 161 g/mol. The summed E-state index contributed by atoms with van der Waals surface area (Å²) in [7, 11) is 5.67. The molecule has 0 N–H and O–H groups in total. The van der Waals surface area contributed by atoms with E-state index in [9.17, 15) is 0 Å². The molecular weight excluding hydrogens is 151 g/mol. The molecule has 0 amide bonds. The molecular formula is C8H10BN2O. The van der Waals surface area contributed by atoms with Crippen molar-refractivity contribution in [3.8, 4) is 0 Å². The zero-order valence-electron chi connectivity index (χ0n) is 6.86. The summed E-state index contributed by atoms with van der Waals surface area (Å²) < 4.78 is 5.52. The van der Waals surface area contributed by atoms with Crippen LogP contribution in [0.3, 0.4) is 0 Å². The second-order valence-corrected chi connectivity index (χ2v) is 3.04. The summed E-state index contributed by atoms with van der Waals surface area (Å²) >= 11 is 0. The van der Waals surface area contributed by atoms with Crippen LogP contribution in [-0.2, 0) is 4.74 Å². The Balaban J connectivity index is 2.04. The van der Waals surface area contributed by atoms with E-state index in [0.29, 0.717) is 5.46 Å². The first kappa shape index (κ1) is 7.86. The van der Waals surface area contributed by atoms with Crippen LogP contribution in [0.25, 0.3) is 0 Å². The molecule has 0 aliphatic carbocycles. The van der Waals surface area contributed by atoms with Gasteiger partial charge in [0, 0.05) is 0 Å². The summed E-state index contributed by atoms with van der Waals surface area (Å²) in [6.07, 6.45) is 5.01. The van der Waals surface area contributed by atoms with Gasteiger partial charge in [-0.25, -0.2) is 0 Å². The van der Waals surface area contributed by atoms with E-state index >= 15 is 0 Å². The van der Waals surface area contributed by atoms with E-state index in [0.717, 1.165) is 25.2 Å². The van der Waals surface area contributed by atoms with Crippen molar-refractivity contribution in [2.45, 2.75) is 25.4 Å². The molecule has 2 aliphatic heterocycles. The molecule has 61 valence electrons. The zero-order chi connectivity index (χ0) is 8.39. The van der Waals surface area contributed by atoms with Crippen LogP contribution in [0.15, 0.2) is 10.2 Å². The van der Waals surface area contributed by atoms with Crippen LogP contribution in [0.2, 0.25) is 0 Å². The van der Waals surface area contributed by atoms with E-state index in [1.54, 1.807) is 6.21 Å². The van der Waals surface area contributed by atoms with E-state index in [-0.39, 0.29) is 6.10 Å². The minimum absolute atomic E-state index is 0.0845. The molecule has 1 atom stereocenters. The van der Waals surface area contributed by atoms with Gasteiger partial charge in [0.1, 0.15) is 0 Å². The molecule has 2 heterocycles. The standard InChI is InChI=1S/C8H10BN2O/c9-6-5-10-11-8(6)7-3-1-2-4-12-7/h5,7H,1-4H2. The number of hydrogen-bond donors (Lipinski definition) is 0. The summed E-state index contributed by atoms with van der Waals surface area (Å²) in [6, 6.07) is 0. The molecule has 1 fully saturated rings. The Kier molecular flexibility index (Phi) is 2.17. The van der Waals surface area contributed by atoms with Crippen LogP contribution < -0.4 is 0 Å². The van der Waals surface area contributed by atoms with Crippen molar-refractivity contribution >= 4 is 24.9 Å². The van der Waals surface area contributed by atoms with Crippen molar-refractivity contribution in [2.75, 3.05) is 6.61 Å². The molecule has 3 nitrogen and oxygen atoms in total. The van der Waals surface area contributed by atoms with Gasteiger partial charge in [-0.05, 0) is 0 Å². The van der Waals surface area contributed by atoms with Crippen molar-refractivity contribution in [1.29, 1.82) is 0 Å². The van der Waals surface area contributed by atoms with Crippen molar-refractivity contribution in [2.24, 2.45) is 10.2 Å². The Hall–Kier alpha value is -0.765. The van der Waals surface area contributed by atoms with Gasteiger partial charge in [-0.1, -0.05) is 0 Å². The molecule has 12 heavy (non-hydrogen) atoms. The fourth-order valence-corrected chi connectivity index (χ4v) is 1.48. The van der Waals surface area contributed by atoms with Crippen LogP contribution in [0.1, 0.15) is 19.3 Å². The molecule has 2 rings (SSSR count). The monoisotopic (exact) mass is 161 g/mol. The number of nitrogens with zero attached hydrogens (tertiary/aromatic N) is 2. The Bertz CT molecular complexity index is 254. The predicted octanol–water partition coefficient (Wildman–Crippen LogP) is 0.337. The summed E-state index contributed by atoms with van der Waals surface area (Å²) in [5.74, 6) is 0. The topological polar surface area (TPSA) is 34.0 Å². The van der Waals surface area contributed by atoms with E-state index in [1.807, 2.05) is 0 Å². The fourth-order valence-electron chi connectivity index (χ4n) is 1.48. The minimum atomic E-state index is 0.0845. The number of hydrogen-bond acceptors (Lipinski definition) is 3. The Morgan fingerprint density at radius 3 is 3.00 bits per heavy atom. The maximum atomic E-state index is 5.67. The summed E-state index contributed by atoms with van der Waals surface area (Å²) in [6.45, 7) is 0.816. The van der Waals surface area contributed by atoms with Crippen LogP contribution in [0.5, 0.6) is 0 Å². The van der Waals surface area contributed by atoms with Crippen LogP contribution in [0, 0.1) is 0 Å². The Morgan fingerprint density at radius 2 is 2.42 bits per heavy atom. The molecule has 0 aromatic carbocycles. The number of rotatable bonds is 1. The first-order valence-electron chi connectivity index (χ1n) is 4.23. The van der Waals surface area contributed by atoms with Gasteiger partial charge in [0.2, 0.25) is 0 Å². The maximum absolute atomic E-state index is 5.67. The second-order valence-electron chi connectivity index (χ2n) is 3.04. The van der Waals surface area contributed by atoms with Crippen molar-refractivity contribution in [3.63, 3.8) is 0 Å². The van der Waals surface area contributed by atoms with Crippen LogP contribution >= 0.6 is 0 Å². The van der Waals surface area contributed by atoms with Gasteiger partial charge < -0.3 is 0 Å². The summed E-state index contributed by atoms with van der Waals surface area (Å²) in [5, 5.41) is 7.68. The van der Waals surface area contributed by atoms with Gasteiger partial charge in [0.15, 0.2) is 0 Å². The third kappa shape index (κ3) is 1.39. The van der Waals surface area contributed by atoms with Gasteiger partial charge in [-0.3, -0.25) is 0 Å². The van der Waals surface area contributed by atoms with Gasteiger partial charge in [0.05, 0.1) is 0 Å². The van der Waals surface area contributed by atoms with E-state index in [4.69, 9.17) is 12.2 Å². The second kappa shape index (κ2) is 3.31. The van der Waals surface area contributed by atoms with Gasteiger partial charge in [0.25, 0.3) is 0 Å².